The van der Waals surface area contributed by atoms with Crippen molar-refractivity contribution in [3.63, 3.8) is 0 Å². The highest BCUT2D eigenvalue weighted by Gasteiger charge is 2.45. The molecule has 1 amide bonds. The van der Waals surface area contributed by atoms with E-state index in [2.05, 4.69) is 15.7 Å². The van der Waals surface area contributed by atoms with E-state index in [0.29, 0.717) is 4.68 Å². The van der Waals surface area contributed by atoms with E-state index < -0.39 is 46.8 Å². The number of nitrogens with one attached hydrogen (secondary N) is 2. The molecule has 1 aliphatic rings. The SMILES string of the molecule is C[C@H]1C[C@H](C(F)(F)F)n2nc(C(=O)OCC(=O)Nc3ccc(S(N)(=O)=O)cc3)cc2N1. The Morgan fingerprint density at radius 2 is 1.97 bits per heavy atom. The lowest BCUT2D eigenvalue weighted by Crippen LogP contribution is -2.37. The molecule has 2 atom stereocenters. The van der Waals surface area contributed by atoms with Crippen LogP contribution in [-0.2, 0) is 19.6 Å². The van der Waals surface area contributed by atoms with Crippen LogP contribution in [0, 0.1) is 0 Å². The summed E-state index contributed by atoms with van der Waals surface area (Å²) in [6.45, 7) is 0.845. The first-order valence-corrected chi connectivity index (χ1v) is 10.4. The molecule has 31 heavy (non-hydrogen) atoms. The fourth-order valence-corrected chi connectivity index (χ4v) is 3.50. The summed E-state index contributed by atoms with van der Waals surface area (Å²) in [7, 11) is -3.89. The Labute approximate surface area is 174 Å². The Hall–Kier alpha value is -3.13. The molecule has 4 N–H and O–H groups in total. The molecule has 0 bridgehead atoms. The summed E-state index contributed by atoms with van der Waals surface area (Å²) in [6.07, 6.45) is -4.80. The number of halogens is 3. The minimum Gasteiger partial charge on any atom is -0.451 e. The third-order valence-corrected chi connectivity index (χ3v) is 5.32. The quantitative estimate of drug-likeness (QED) is 0.574. The predicted molar refractivity (Wildman–Crippen MR) is 102 cm³/mol. The summed E-state index contributed by atoms with van der Waals surface area (Å²) in [4.78, 5) is 23.9. The van der Waals surface area contributed by atoms with Gasteiger partial charge >= 0.3 is 12.1 Å². The Morgan fingerprint density at radius 3 is 2.55 bits per heavy atom. The van der Waals surface area contributed by atoms with E-state index >= 15 is 0 Å². The molecule has 0 radical (unpaired) electrons. The topological polar surface area (TPSA) is 145 Å². The van der Waals surface area contributed by atoms with Crippen molar-refractivity contribution in [2.75, 3.05) is 17.2 Å². The second kappa shape index (κ2) is 8.19. The van der Waals surface area contributed by atoms with Gasteiger partial charge < -0.3 is 15.4 Å². The highest BCUT2D eigenvalue weighted by atomic mass is 32.2. The first kappa shape index (κ1) is 22.6. The van der Waals surface area contributed by atoms with Crippen molar-refractivity contribution >= 4 is 33.4 Å². The van der Waals surface area contributed by atoms with E-state index in [9.17, 15) is 31.2 Å². The molecule has 168 valence electrons. The monoisotopic (exact) mass is 461 g/mol. The van der Waals surface area contributed by atoms with E-state index in [1.165, 1.54) is 24.3 Å². The second-order valence-corrected chi connectivity index (χ2v) is 8.45. The zero-order valence-corrected chi connectivity index (χ0v) is 16.8. The van der Waals surface area contributed by atoms with Crippen molar-refractivity contribution in [3.05, 3.63) is 36.0 Å². The van der Waals surface area contributed by atoms with Gasteiger partial charge in [-0.15, -0.1) is 0 Å². The summed E-state index contributed by atoms with van der Waals surface area (Å²) < 4.78 is 67.7. The van der Waals surface area contributed by atoms with E-state index in [-0.39, 0.29) is 28.5 Å². The number of carbonyl (C=O) groups is 2. The largest absolute Gasteiger partial charge is 0.451 e. The van der Waals surface area contributed by atoms with Crippen LogP contribution in [0.1, 0.15) is 29.9 Å². The number of esters is 1. The van der Waals surface area contributed by atoms with E-state index in [4.69, 9.17) is 9.88 Å². The van der Waals surface area contributed by atoms with Crippen molar-refractivity contribution in [2.45, 2.75) is 36.5 Å². The predicted octanol–water partition coefficient (Wildman–Crippen LogP) is 1.63. The van der Waals surface area contributed by atoms with Gasteiger partial charge in [-0.3, -0.25) is 4.79 Å². The Balaban J connectivity index is 1.62. The van der Waals surface area contributed by atoms with Crippen LogP contribution in [0.2, 0.25) is 0 Å². The molecule has 1 aromatic carbocycles. The molecule has 1 aromatic heterocycles. The highest BCUT2D eigenvalue weighted by molar-refractivity contribution is 7.89. The van der Waals surface area contributed by atoms with Gasteiger partial charge in [0.2, 0.25) is 10.0 Å². The zero-order valence-electron chi connectivity index (χ0n) is 16.0. The van der Waals surface area contributed by atoms with Crippen molar-refractivity contribution in [3.8, 4) is 0 Å². The highest BCUT2D eigenvalue weighted by Crippen LogP contribution is 2.39. The molecule has 3 rings (SSSR count). The first-order chi connectivity index (χ1) is 14.3. The number of nitrogens with zero attached hydrogens (tertiary/aromatic N) is 2. The number of rotatable bonds is 5. The van der Waals surface area contributed by atoms with Crippen molar-refractivity contribution in [1.82, 2.24) is 9.78 Å². The number of carbonyl (C=O) groups excluding carboxylic acids is 2. The molecule has 0 unspecified atom stereocenters. The van der Waals surface area contributed by atoms with Gasteiger partial charge in [-0.1, -0.05) is 0 Å². The lowest BCUT2D eigenvalue weighted by Gasteiger charge is -2.31. The molecular formula is C17H18F3N5O5S. The summed E-state index contributed by atoms with van der Waals surface area (Å²) in [5.41, 5.74) is -0.159. The lowest BCUT2D eigenvalue weighted by atomic mass is 10.1. The van der Waals surface area contributed by atoms with Crippen LogP contribution in [-0.4, -0.2) is 48.9 Å². The minimum absolute atomic E-state index is 0.0208. The van der Waals surface area contributed by atoms with Gasteiger partial charge in [0, 0.05) is 17.8 Å². The maximum absolute atomic E-state index is 13.3. The van der Waals surface area contributed by atoms with Crippen LogP contribution >= 0.6 is 0 Å². The molecule has 2 heterocycles. The third-order valence-electron chi connectivity index (χ3n) is 4.39. The van der Waals surface area contributed by atoms with Crippen LogP contribution in [0.15, 0.2) is 35.2 Å². The van der Waals surface area contributed by atoms with Gasteiger partial charge in [0.25, 0.3) is 5.91 Å². The number of hydrogen-bond donors (Lipinski definition) is 3. The second-order valence-electron chi connectivity index (χ2n) is 6.89. The zero-order chi connectivity index (χ0) is 23.0. The molecule has 2 aromatic rings. The van der Waals surface area contributed by atoms with Crippen LogP contribution < -0.4 is 15.8 Å². The van der Waals surface area contributed by atoms with Gasteiger partial charge in [0.15, 0.2) is 18.3 Å². The normalized spacial score (nSPS) is 18.6. The van der Waals surface area contributed by atoms with Gasteiger partial charge in [0.05, 0.1) is 4.90 Å². The summed E-state index contributed by atoms with van der Waals surface area (Å²) in [5.74, 6) is -1.80. The van der Waals surface area contributed by atoms with Crippen LogP contribution in [0.5, 0.6) is 0 Å². The summed E-state index contributed by atoms with van der Waals surface area (Å²) in [5, 5.41) is 13.8. The summed E-state index contributed by atoms with van der Waals surface area (Å²) in [6, 6.07) is 3.69. The Bertz CT molecular complexity index is 1100. The smallest absolute Gasteiger partial charge is 0.410 e. The number of hydrogen-bond acceptors (Lipinski definition) is 7. The number of ether oxygens (including phenoxy) is 1. The number of aromatic nitrogens is 2. The molecule has 0 spiro atoms. The average Bonchev–Trinajstić information content (AvgIpc) is 3.08. The standard InChI is InChI=1S/C17H18F3N5O5S/c1-9-6-13(17(18,19)20)25-14(22-9)7-12(24-25)16(27)30-8-15(26)23-10-2-4-11(5-3-10)31(21,28)29/h2-5,7,9,13,22H,6,8H2,1H3,(H,23,26)(H2,21,28,29)/t9-,13+/m0/s1. The number of benzene rings is 1. The Morgan fingerprint density at radius 1 is 1.32 bits per heavy atom. The maximum Gasteiger partial charge on any atom is 0.410 e. The molecule has 0 fully saturated rings. The molecule has 10 nitrogen and oxygen atoms in total. The molecule has 0 aliphatic carbocycles. The van der Waals surface area contributed by atoms with Gasteiger partial charge in [-0.2, -0.15) is 18.3 Å². The summed E-state index contributed by atoms with van der Waals surface area (Å²) >= 11 is 0. The van der Waals surface area contributed by atoms with Gasteiger partial charge in [-0.05, 0) is 37.6 Å². The fourth-order valence-electron chi connectivity index (χ4n) is 2.99. The van der Waals surface area contributed by atoms with E-state index in [1.54, 1.807) is 6.92 Å². The van der Waals surface area contributed by atoms with Gasteiger partial charge in [-0.25, -0.2) is 23.0 Å². The number of alkyl halides is 3. The number of nitrogens with two attached hydrogens (primary N) is 1. The number of fused-ring (bicyclic) bond motifs is 1. The molecule has 0 saturated carbocycles. The van der Waals surface area contributed by atoms with Gasteiger partial charge in [0.1, 0.15) is 5.82 Å². The van der Waals surface area contributed by atoms with Crippen LogP contribution in [0.25, 0.3) is 0 Å². The fraction of sp³-hybridized carbons (Fsp3) is 0.353. The molecule has 1 aliphatic heterocycles. The van der Waals surface area contributed by atoms with Crippen LogP contribution in [0.3, 0.4) is 0 Å². The molecular weight excluding hydrogens is 443 g/mol. The Kier molecular flexibility index (Phi) is 5.96. The molecule has 0 saturated heterocycles. The minimum atomic E-state index is -4.54. The maximum atomic E-state index is 13.3. The molecule has 14 heteroatoms. The van der Waals surface area contributed by atoms with Crippen molar-refractivity contribution in [1.29, 1.82) is 0 Å². The number of primary sulfonamides is 1. The first-order valence-electron chi connectivity index (χ1n) is 8.87. The number of sulfonamides is 1. The lowest BCUT2D eigenvalue weighted by molar-refractivity contribution is -0.173. The number of anilines is 2. The van der Waals surface area contributed by atoms with Crippen molar-refractivity contribution < 1.29 is 35.9 Å². The van der Waals surface area contributed by atoms with E-state index in [0.717, 1.165) is 6.07 Å². The average molecular weight is 461 g/mol. The third kappa shape index (κ3) is 5.32. The number of amides is 1. The van der Waals surface area contributed by atoms with E-state index in [1.807, 2.05) is 0 Å². The van der Waals surface area contributed by atoms with Crippen molar-refractivity contribution in [2.24, 2.45) is 5.14 Å². The van der Waals surface area contributed by atoms with Crippen LogP contribution in [0.4, 0.5) is 24.7 Å².